The van der Waals surface area contributed by atoms with Crippen LogP contribution in [0.15, 0.2) is 33.9 Å². The Balaban J connectivity index is 2.37. The number of nitrogens with two attached hydrogens (primary N) is 1. The van der Waals surface area contributed by atoms with E-state index in [9.17, 15) is 18.8 Å². The van der Waals surface area contributed by atoms with Gasteiger partial charge in [0.15, 0.2) is 5.69 Å². The Labute approximate surface area is 187 Å². The molecule has 176 valence electrons. The van der Waals surface area contributed by atoms with Crippen molar-refractivity contribution in [1.82, 2.24) is 14.5 Å². The number of nitrogen functional groups attached to an aromatic ring is 1. The van der Waals surface area contributed by atoms with Crippen molar-refractivity contribution in [3.8, 4) is 0 Å². The molecule has 0 radical (unpaired) electrons. The normalized spacial score (nSPS) is 11.3. The van der Waals surface area contributed by atoms with Gasteiger partial charge in [-0.05, 0) is 36.6 Å². The standard InChI is InChI=1S/C23H34FN5O3/c1-5-7-11-28(20-21(25)29(13-16(3)4)23(32)26-22(20)31)19(30)15-27(6-2)14-17-9-8-10-18(24)12-17/h8-10,12,16H,5-7,11,13-15,25H2,1-4H3,(H,26,31,32). The number of amides is 1. The molecule has 0 aliphatic heterocycles. The second kappa shape index (κ2) is 11.6. The van der Waals surface area contributed by atoms with E-state index in [0.717, 1.165) is 12.0 Å². The quantitative estimate of drug-likeness (QED) is 0.551. The van der Waals surface area contributed by atoms with Crippen LogP contribution in [-0.4, -0.2) is 40.0 Å². The van der Waals surface area contributed by atoms with E-state index in [0.29, 0.717) is 32.6 Å². The second-order valence-electron chi connectivity index (χ2n) is 8.33. The summed E-state index contributed by atoms with van der Waals surface area (Å²) in [6.07, 6.45) is 1.48. The topological polar surface area (TPSA) is 104 Å². The van der Waals surface area contributed by atoms with Crippen LogP contribution in [0.2, 0.25) is 0 Å². The molecule has 1 aromatic carbocycles. The molecule has 0 aliphatic carbocycles. The number of hydrogen-bond acceptors (Lipinski definition) is 5. The van der Waals surface area contributed by atoms with Gasteiger partial charge in [-0.3, -0.25) is 24.0 Å². The van der Waals surface area contributed by atoms with Crippen LogP contribution in [0, 0.1) is 11.7 Å². The van der Waals surface area contributed by atoms with Crippen LogP contribution in [0.3, 0.4) is 0 Å². The highest BCUT2D eigenvalue weighted by Gasteiger charge is 2.25. The van der Waals surface area contributed by atoms with Crippen LogP contribution in [0.1, 0.15) is 46.1 Å². The highest BCUT2D eigenvalue weighted by molar-refractivity contribution is 5.96. The van der Waals surface area contributed by atoms with Gasteiger partial charge in [0.25, 0.3) is 5.56 Å². The molecule has 0 bridgehead atoms. The largest absolute Gasteiger partial charge is 0.383 e. The summed E-state index contributed by atoms with van der Waals surface area (Å²) in [7, 11) is 0. The SMILES string of the molecule is CCCCN(C(=O)CN(CC)Cc1cccc(F)c1)c1c(N)n(CC(C)C)c(=O)[nH]c1=O. The van der Waals surface area contributed by atoms with E-state index >= 15 is 0 Å². The van der Waals surface area contributed by atoms with Crippen LogP contribution in [-0.2, 0) is 17.9 Å². The molecular formula is C23H34FN5O3. The maximum Gasteiger partial charge on any atom is 0.330 e. The molecule has 3 N–H and O–H groups in total. The van der Waals surface area contributed by atoms with Crippen molar-refractivity contribution in [2.24, 2.45) is 5.92 Å². The molecule has 0 atom stereocenters. The minimum Gasteiger partial charge on any atom is -0.383 e. The molecular weight excluding hydrogens is 413 g/mol. The van der Waals surface area contributed by atoms with Crippen molar-refractivity contribution in [3.63, 3.8) is 0 Å². The summed E-state index contributed by atoms with van der Waals surface area (Å²) >= 11 is 0. The van der Waals surface area contributed by atoms with Gasteiger partial charge < -0.3 is 10.6 Å². The van der Waals surface area contributed by atoms with E-state index in [2.05, 4.69) is 4.98 Å². The molecule has 2 rings (SSSR count). The van der Waals surface area contributed by atoms with Crippen molar-refractivity contribution in [2.45, 2.75) is 53.6 Å². The van der Waals surface area contributed by atoms with Crippen LogP contribution in [0.5, 0.6) is 0 Å². The van der Waals surface area contributed by atoms with E-state index in [-0.39, 0.29) is 35.7 Å². The molecule has 0 aliphatic rings. The number of unbranched alkanes of at least 4 members (excludes halogenated alkanes) is 1. The fourth-order valence-corrected chi connectivity index (χ4v) is 3.51. The summed E-state index contributed by atoms with van der Waals surface area (Å²) in [5.41, 5.74) is 5.73. The smallest absolute Gasteiger partial charge is 0.330 e. The number of carbonyl (C=O) groups excluding carboxylic acids is 1. The van der Waals surface area contributed by atoms with Gasteiger partial charge >= 0.3 is 5.69 Å². The Kier molecular flexibility index (Phi) is 9.19. The van der Waals surface area contributed by atoms with Crippen molar-refractivity contribution in [3.05, 3.63) is 56.5 Å². The minimum absolute atomic E-state index is 0.00510. The minimum atomic E-state index is -0.676. The van der Waals surface area contributed by atoms with Gasteiger partial charge in [-0.15, -0.1) is 0 Å². The Hall–Kier alpha value is -2.94. The molecule has 0 fully saturated rings. The molecule has 8 nitrogen and oxygen atoms in total. The lowest BCUT2D eigenvalue weighted by Crippen LogP contribution is -2.45. The highest BCUT2D eigenvalue weighted by Crippen LogP contribution is 2.19. The lowest BCUT2D eigenvalue weighted by molar-refractivity contribution is -0.119. The fraction of sp³-hybridized carbons (Fsp3) is 0.522. The maximum absolute atomic E-state index is 13.5. The number of likely N-dealkylation sites (N-methyl/N-ethyl adjacent to an activating group) is 1. The second-order valence-corrected chi connectivity index (χ2v) is 8.33. The van der Waals surface area contributed by atoms with Crippen molar-refractivity contribution >= 4 is 17.4 Å². The summed E-state index contributed by atoms with van der Waals surface area (Å²) in [6.45, 7) is 9.36. The molecule has 0 unspecified atom stereocenters. The molecule has 9 heteroatoms. The van der Waals surface area contributed by atoms with Gasteiger partial charge in [-0.25, -0.2) is 9.18 Å². The predicted molar refractivity (Wildman–Crippen MR) is 125 cm³/mol. The first-order valence-electron chi connectivity index (χ1n) is 11.1. The van der Waals surface area contributed by atoms with E-state index < -0.39 is 11.2 Å². The van der Waals surface area contributed by atoms with Gasteiger partial charge in [-0.1, -0.05) is 46.2 Å². The van der Waals surface area contributed by atoms with Gasteiger partial charge in [0.1, 0.15) is 11.6 Å². The van der Waals surface area contributed by atoms with Crippen LogP contribution < -0.4 is 21.9 Å². The Morgan fingerprint density at radius 3 is 2.56 bits per heavy atom. The monoisotopic (exact) mass is 447 g/mol. The van der Waals surface area contributed by atoms with Gasteiger partial charge in [-0.2, -0.15) is 0 Å². The number of carbonyl (C=O) groups is 1. The maximum atomic E-state index is 13.5. The van der Waals surface area contributed by atoms with Crippen molar-refractivity contribution in [1.29, 1.82) is 0 Å². The number of nitrogens with one attached hydrogen (secondary N) is 1. The van der Waals surface area contributed by atoms with Crippen molar-refractivity contribution in [2.75, 3.05) is 30.3 Å². The van der Waals surface area contributed by atoms with E-state index in [1.807, 2.05) is 32.6 Å². The molecule has 32 heavy (non-hydrogen) atoms. The van der Waals surface area contributed by atoms with E-state index in [1.54, 1.807) is 12.1 Å². The number of aromatic nitrogens is 2. The Morgan fingerprint density at radius 2 is 1.97 bits per heavy atom. The molecule has 1 aromatic heterocycles. The highest BCUT2D eigenvalue weighted by atomic mass is 19.1. The number of nitrogens with zero attached hydrogens (tertiary/aromatic N) is 3. The molecule has 1 heterocycles. The zero-order valence-electron chi connectivity index (χ0n) is 19.4. The third kappa shape index (κ3) is 6.53. The molecule has 0 saturated heterocycles. The first kappa shape index (κ1) is 25.3. The third-order valence-corrected chi connectivity index (χ3v) is 5.17. The number of halogens is 1. The summed E-state index contributed by atoms with van der Waals surface area (Å²) < 4.78 is 14.9. The number of aromatic amines is 1. The summed E-state index contributed by atoms with van der Waals surface area (Å²) in [5, 5.41) is 0. The van der Waals surface area contributed by atoms with Gasteiger partial charge in [0, 0.05) is 19.6 Å². The Morgan fingerprint density at radius 1 is 1.25 bits per heavy atom. The first-order valence-corrected chi connectivity index (χ1v) is 11.1. The number of H-pyrrole nitrogens is 1. The number of rotatable bonds is 11. The van der Waals surface area contributed by atoms with E-state index in [4.69, 9.17) is 5.73 Å². The molecule has 1 amide bonds. The summed E-state index contributed by atoms with van der Waals surface area (Å²) in [4.78, 5) is 43.8. The number of anilines is 2. The lowest BCUT2D eigenvalue weighted by Gasteiger charge is -2.28. The number of hydrogen-bond donors (Lipinski definition) is 2. The van der Waals surface area contributed by atoms with Gasteiger partial charge in [0.05, 0.1) is 6.54 Å². The lowest BCUT2D eigenvalue weighted by atomic mass is 10.2. The summed E-state index contributed by atoms with van der Waals surface area (Å²) in [6, 6.07) is 6.24. The first-order chi connectivity index (χ1) is 15.2. The molecule has 2 aromatic rings. The Bertz CT molecular complexity index is 1030. The predicted octanol–water partition coefficient (Wildman–Crippen LogP) is 2.57. The fourth-order valence-electron chi connectivity index (χ4n) is 3.51. The number of benzene rings is 1. The van der Waals surface area contributed by atoms with Crippen LogP contribution in [0.4, 0.5) is 15.9 Å². The average Bonchev–Trinajstić information content (AvgIpc) is 2.72. The van der Waals surface area contributed by atoms with Crippen molar-refractivity contribution < 1.29 is 9.18 Å². The van der Waals surface area contributed by atoms with Crippen LogP contribution >= 0.6 is 0 Å². The van der Waals surface area contributed by atoms with Crippen LogP contribution in [0.25, 0.3) is 0 Å². The summed E-state index contributed by atoms with van der Waals surface area (Å²) in [5.74, 6) is -0.523. The van der Waals surface area contributed by atoms with Gasteiger partial charge in [0.2, 0.25) is 5.91 Å². The zero-order valence-corrected chi connectivity index (χ0v) is 19.4. The van der Waals surface area contributed by atoms with E-state index in [1.165, 1.54) is 21.6 Å². The molecule has 0 spiro atoms. The zero-order chi connectivity index (χ0) is 23.8. The molecule has 0 saturated carbocycles. The third-order valence-electron chi connectivity index (χ3n) is 5.17. The average molecular weight is 448 g/mol.